The number of halogens is 1. The predicted molar refractivity (Wildman–Crippen MR) is 37.7 cm³/mol. The first-order valence-corrected chi connectivity index (χ1v) is 4.14. The van der Waals surface area contributed by atoms with Gasteiger partial charge in [-0.3, -0.25) is 4.79 Å². The molecule has 1 saturated heterocycles. The average Bonchev–Trinajstić information content (AvgIpc) is 1.97. The lowest BCUT2D eigenvalue weighted by Gasteiger charge is -2.19. The average molecular weight is 178 g/mol. The molecule has 1 aliphatic rings. The smallest absolute Gasteiger partial charge is 0.359 e. The van der Waals surface area contributed by atoms with Crippen molar-refractivity contribution in [3.05, 3.63) is 0 Å². The molecule has 11 heavy (non-hydrogen) atoms. The van der Waals surface area contributed by atoms with Crippen LogP contribution in [0.3, 0.4) is 0 Å². The number of hydrogen-bond donors (Lipinski definition) is 0. The van der Waals surface area contributed by atoms with Crippen LogP contribution in [0.2, 0.25) is 0 Å². The van der Waals surface area contributed by atoms with Crippen molar-refractivity contribution in [1.82, 2.24) is 0 Å². The minimum atomic E-state index is -1.70. The first kappa shape index (κ1) is 8.52. The fourth-order valence-corrected chi connectivity index (χ4v) is 1.53. The molecule has 0 aromatic rings. The molecule has 5 heteroatoms. The van der Waals surface area contributed by atoms with Gasteiger partial charge in [0.05, 0.1) is 0 Å². The first-order valence-electron chi connectivity index (χ1n) is 3.20. The molecule has 2 unspecified atom stereocenters. The summed E-state index contributed by atoms with van der Waals surface area (Å²) in [7, 11) is 0. The molecule has 1 rings (SSSR count). The summed E-state index contributed by atoms with van der Waals surface area (Å²) in [5, 5.41) is -0.525. The van der Waals surface area contributed by atoms with E-state index < -0.39 is 22.7 Å². The van der Waals surface area contributed by atoms with Crippen LogP contribution < -0.4 is 0 Å². The molecule has 0 N–H and O–H groups in total. The van der Waals surface area contributed by atoms with E-state index in [1.54, 1.807) is 6.92 Å². The predicted octanol–water partition coefficient (Wildman–Crippen LogP) is 0.877. The maximum atomic E-state index is 12.5. The van der Waals surface area contributed by atoms with Crippen molar-refractivity contribution in [2.45, 2.75) is 24.1 Å². The van der Waals surface area contributed by atoms with Gasteiger partial charge in [0.1, 0.15) is 5.25 Å². The molecule has 0 spiro atoms. The highest BCUT2D eigenvalue weighted by molar-refractivity contribution is 8.01. The van der Waals surface area contributed by atoms with Crippen LogP contribution in [0.1, 0.15) is 13.3 Å². The summed E-state index contributed by atoms with van der Waals surface area (Å²) in [6.45, 7) is 1.74. The van der Waals surface area contributed by atoms with Crippen molar-refractivity contribution in [3.8, 4) is 0 Å². The molecule has 0 aromatic heterocycles. The van der Waals surface area contributed by atoms with E-state index in [0.717, 1.165) is 0 Å². The number of carbonyl (C=O) groups excluding carboxylic acids is 2. The van der Waals surface area contributed by atoms with Gasteiger partial charge < -0.3 is 4.74 Å². The lowest BCUT2D eigenvalue weighted by atomic mass is 10.3. The lowest BCUT2D eigenvalue weighted by molar-refractivity contribution is -0.162. The Morgan fingerprint density at radius 3 is 2.73 bits per heavy atom. The van der Waals surface area contributed by atoms with E-state index >= 15 is 0 Å². The van der Waals surface area contributed by atoms with E-state index in [-0.39, 0.29) is 0 Å². The number of alkyl halides is 1. The van der Waals surface area contributed by atoms with Crippen LogP contribution in [0.25, 0.3) is 0 Å². The minimum absolute atomic E-state index is 0.483. The minimum Gasteiger partial charge on any atom is -0.389 e. The Balaban J connectivity index is 2.62. The highest BCUT2D eigenvalue weighted by Crippen LogP contribution is 2.28. The van der Waals surface area contributed by atoms with Crippen molar-refractivity contribution >= 4 is 23.7 Å². The summed E-state index contributed by atoms with van der Waals surface area (Å²) in [4.78, 5) is 21.2. The third-order valence-electron chi connectivity index (χ3n) is 1.30. The van der Waals surface area contributed by atoms with Gasteiger partial charge in [-0.2, -0.15) is 0 Å². The van der Waals surface area contributed by atoms with Crippen LogP contribution in [0, 0.1) is 0 Å². The maximum absolute atomic E-state index is 12.5. The Kier molecular flexibility index (Phi) is 2.49. The van der Waals surface area contributed by atoms with Crippen LogP contribution in [0.4, 0.5) is 4.39 Å². The Hall–Kier alpha value is -0.580. The van der Waals surface area contributed by atoms with Crippen LogP contribution in [-0.2, 0) is 14.3 Å². The number of ether oxygens (including phenoxy) is 1. The second-order valence-electron chi connectivity index (χ2n) is 2.09. The fraction of sp³-hybridized carbons (Fsp3) is 0.667. The standard InChI is InChI=1S/C6H7FO3S/c1-2-3-5(8)10-6(9)4(7)11-3/h3-4H,2H2,1H3. The van der Waals surface area contributed by atoms with Gasteiger partial charge in [-0.1, -0.05) is 18.7 Å². The Labute approximate surface area is 67.3 Å². The molecule has 62 valence electrons. The van der Waals surface area contributed by atoms with E-state index in [2.05, 4.69) is 4.74 Å². The molecule has 0 aromatic carbocycles. The van der Waals surface area contributed by atoms with Gasteiger partial charge in [0, 0.05) is 0 Å². The topological polar surface area (TPSA) is 43.4 Å². The quantitative estimate of drug-likeness (QED) is 0.441. The van der Waals surface area contributed by atoms with E-state index in [1.165, 1.54) is 0 Å². The monoisotopic (exact) mass is 178 g/mol. The highest BCUT2D eigenvalue weighted by atomic mass is 32.2. The van der Waals surface area contributed by atoms with Crippen LogP contribution in [0.15, 0.2) is 0 Å². The summed E-state index contributed by atoms with van der Waals surface area (Å²) in [6.07, 6.45) is 0.483. The number of rotatable bonds is 1. The normalized spacial score (nSPS) is 31.8. The number of thioether (sulfide) groups is 1. The second-order valence-corrected chi connectivity index (χ2v) is 3.34. The van der Waals surface area contributed by atoms with Gasteiger partial charge in [0.2, 0.25) is 5.50 Å². The third-order valence-corrected chi connectivity index (χ3v) is 2.59. The third kappa shape index (κ3) is 1.71. The van der Waals surface area contributed by atoms with Crippen LogP contribution >= 0.6 is 11.8 Å². The molecule has 1 fully saturated rings. The molecule has 0 radical (unpaired) electrons. The molecule has 0 amide bonds. The van der Waals surface area contributed by atoms with Gasteiger partial charge in [-0.05, 0) is 6.42 Å². The number of esters is 2. The molecule has 2 atom stereocenters. The highest BCUT2D eigenvalue weighted by Gasteiger charge is 2.36. The first-order chi connectivity index (χ1) is 5.15. The van der Waals surface area contributed by atoms with Crippen LogP contribution in [-0.4, -0.2) is 22.7 Å². The molecular formula is C6H7FO3S. The zero-order valence-corrected chi connectivity index (χ0v) is 6.69. The largest absolute Gasteiger partial charge is 0.389 e. The molecule has 0 saturated carbocycles. The number of hydrogen-bond acceptors (Lipinski definition) is 4. The lowest BCUT2D eigenvalue weighted by Crippen LogP contribution is -2.34. The van der Waals surface area contributed by atoms with Crippen molar-refractivity contribution in [3.63, 3.8) is 0 Å². The molecular weight excluding hydrogens is 171 g/mol. The number of cyclic esters (lactones) is 2. The Morgan fingerprint density at radius 1 is 1.55 bits per heavy atom. The maximum Gasteiger partial charge on any atom is 0.359 e. The van der Waals surface area contributed by atoms with E-state index in [1.807, 2.05) is 0 Å². The summed E-state index contributed by atoms with van der Waals surface area (Å²) in [5.41, 5.74) is -1.70. The fourth-order valence-electron chi connectivity index (χ4n) is 0.729. The second kappa shape index (κ2) is 3.21. The van der Waals surface area contributed by atoms with Gasteiger partial charge in [-0.25, -0.2) is 9.18 Å². The zero-order valence-electron chi connectivity index (χ0n) is 5.87. The van der Waals surface area contributed by atoms with E-state index in [9.17, 15) is 14.0 Å². The van der Waals surface area contributed by atoms with Crippen molar-refractivity contribution in [1.29, 1.82) is 0 Å². The van der Waals surface area contributed by atoms with Gasteiger partial charge >= 0.3 is 11.9 Å². The molecule has 1 aliphatic heterocycles. The van der Waals surface area contributed by atoms with E-state index in [4.69, 9.17) is 0 Å². The molecule has 0 bridgehead atoms. The van der Waals surface area contributed by atoms with Crippen molar-refractivity contribution in [2.24, 2.45) is 0 Å². The molecule has 0 aliphatic carbocycles. The molecule has 1 heterocycles. The van der Waals surface area contributed by atoms with Gasteiger partial charge in [-0.15, -0.1) is 0 Å². The summed E-state index contributed by atoms with van der Waals surface area (Å²) in [6, 6.07) is 0. The van der Waals surface area contributed by atoms with Gasteiger partial charge in [0.15, 0.2) is 0 Å². The van der Waals surface area contributed by atoms with Gasteiger partial charge in [0.25, 0.3) is 0 Å². The SMILES string of the molecule is CCC1SC(F)C(=O)OC1=O. The Morgan fingerprint density at radius 2 is 2.18 bits per heavy atom. The van der Waals surface area contributed by atoms with Crippen molar-refractivity contribution in [2.75, 3.05) is 0 Å². The number of carbonyl (C=O) groups is 2. The van der Waals surface area contributed by atoms with Crippen molar-refractivity contribution < 1.29 is 18.7 Å². The summed E-state index contributed by atoms with van der Waals surface area (Å²) in [5.74, 6) is -1.71. The molecule has 3 nitrogen and oxygen atoms in total. The summed E-state index contributed by atoms with van der Waals surface area (Å²) < 4.78 is 16.7. The Bertz CT molecular complexity index is 194. The van der Waals surface area contributed by atoms with E-state index in [0.29, 0.717) is 18.2 Å². The zero-order chi connectivity index (χ0) is 8.43. The van der Waals surface area contributed by atoms with Crippen LogP contribution in [0.5, 0.6) is 0 Å². The summed E-state index contributed by atoms with van der Waals surface area (Å²) >= 11 is 0.712.